The average molecular weight is 212 g/mol. The van der Waals surface area contributed by atoms with Gasteiger partial charge in [0.15, 0.2) is 0 Å². The Morgan fingerprint density at radius 3 is 1.08 bits per heavy atom. The van der Waals surface area contributed by atoms with Gasteiger partial charge in [0.05, 0.1) is 0 Å². The summed E-state index contributed by atoms with van der Waals surface area (Å²) in [5.41, 5.74) is -5.56. The summed E-state index contributed by atoms with van der Waals surface area (Å²) in [6, 6.07) is 0. The van der Waals surface area contributed by atoms with Crippen molar-refractivity contribution in [3.8, 4) is 0 Å². The molecule has 0 N–H and O–H groups in total. The third-order valence-corrected chi connectivity index (χ3v) is 1.68. The molecule has 12 heavy (non-hydrogen) atoms. The van der Waals surface area contributed by atoms with Gasteiger partial charge in [0.2, 0.25) is 19.4 Å². The maximum Gasteiger partial charge on any atom is 0.309 e. The van der Waals surface area contributed by atoms with Crippen LogP contribution in [0.5, 0.6) is 0 Å². The summed E-state index contributed by atoms with van der Waals surface area (Å²) < 4.78 is 79.9. The molecule has 0 atom stereocenters. The molecule has 8 heteroatoms. The largest absolute Gasteiger partial charge is 0.309 e. The third kappa shape index (κ3) is 2.81. The fourth-order valence-electron chi connectivity index (χ4n) is 0.235. The van der Waals surface area contributed by atoms with Crippen molar-refractivity contribution in [1.82, 2.24) is 0 Å². The highest BCUT2D eigenvalue weighted by atomic mass is 31.2. The number of halogens is 7. The van der Waals surface area contributed by atoms with E-state index in [-0.39, 0.29) is 0 Å². The quantitative estimate of drug-likeness (QED) is 0.469. The van der Waals surface area contributed by atoms with Gasteiger partial charge >= 0.3 is 12.2 Å². The van der Waals surface area contributed by atoms with Crippen molar-refractivity contribution in [2.24, 2.45) is 0 Å². The zero-order valence-electron chi connectivity index (χ0n) is 5.09. The van der Waals surface area contributed by atoms with Gasteiger partial charge in [-0.05, 0) is 0 Å². The first-order valence-corrected chi connectivity index (χ1v) is 3.48. The van der Waals surface area contributed by atoms with Crippen LogP contribution in [0.3, 0.4) is 0 Å². The summed E-state index contributed by atoms with van der Waals surface area (Å²) in [6.07, 6.45) is -6.28. The van der Waals surface area contributed by atoms with Crippen molar-refractivity contribution >= 4 is 8.23 Å². The lowest BCUT2D eigenvalue weighted by atomic mass is 11.1. The average Bonchev–Trinajstić information content (AvgIpc) is 2.00. The predicted octanol–water partition coefficient (Wildman–Crippen LogP) is 4.42. The fraction of sp³-hybridized carbons (Fsp3) is 0. The van der Waals surface area contributed by atoms with Crippen LogP contribution in [0.15, 0.2) is 23.3 Å². The molecule has 0 aromatic rings. The summed E-state index contributed by atoms with van der Waals surface area (Å²) in [6.45, 7) is 0. The zero-order chi connectivity index (χ0) is 9.89. The van der Waals surface area contributed by atoms with Crippen molar-refractivity contribution in [3.63, 3.8) is 0 Å². The van der Waals surface area contributed by atoms with Gasteiger partial charge in [-0.2, -0.15) is 26.3 Å². The SMILES string of the molecule is FC(F)=C(F)P(F)C(F)=C(F)F. The molecule has 0 unspecified atom stereocenters. The molecule has 0 aliphatic heterocycles. The minimum Gasteiger partial charge on any atom is -0.211 e. The number of hydrogen-bond acceptors (Lipinski definition) is 0. The van der Waals surface area contributed by atoms with E-state index in [1.807, 2.05) is 0 Å². The summed E-state index contributed by atoms with van der Waals surface area (Å²) >= 11 is 0. The number of rotatable bonds is 2. The molecule has 0 nitrogen and oxygen atoms in total. The lowest BCUT2D eigenvalue weighted by molar-refractivity contribution is 0.385. The lowest BCUT2D eigenvalue weighted by Crippen LogP contribution is -1.75. The van der Waals surface area contributed by atoms with Gasteiger partial charge in [0.25, 0.3) is 0 Å². The smallest absolute Gasteiger partial charge is 0.211 e. The third-order valence-electron chi connectivity index (χ3n) is 0.657. The van der Waals surface area contributed by atoms with Crippen molar-refractivity contribution in [2.75, 3.05) is 0 Å². The molecular weight excluding hydrogens is 212 g/mol. The summed E-state index contributed by atoms with van der Waals surface area (Å²) in [7, 11) is -4.36. The van der Waals surface area contributed by atoms with Gasteiger partial charge in [0, 0.05) is 0 Å². The molecule has 0 aliphatic carbocycles. The van der Waals surface area contributed by atoms with Crippen LogP contribution in [-0.2, 0) is 0 Å². The molecule has 0 spiro atoms. The minimum absolute atomic E-state index is 2.78. The van der Waals surface area contributed by atoms with Crippen molar-refractivity contribution in [3.05, 3.63) is 23.3 Å². The van der Waals surface area contributed by atoms with E-state index in [2.05, 4.69) is 0 Å². The molecule has 70 valence electrons. The van der Waals surface area contributed by atoms with E-state index >= 15 is 0 Å². The van der Waals surface area contributed by atoms with Crippen LogP contribution < -0.4 is 0 Å². The molecule has 0 bridgehead atoms. The minimum atomic E-state index is -4.36. The summed E-state index contributed by atoms with van der Waals surface area (Å²) in [4.78, 5) is 0. The monoisotopic (exact) mass is 212 g/mol. The predicted molar refractivity (Wildman–Crippen MR) is 28.7 cm³/mol. The molecule has 0 radical (unpaired) electrons. The van der Waals surface area contributed by atoms with E-state index in [0.717, 1.165) is 0 Å². The van der Waals surface area contributed by atoms with Gasteiger partial charge in [-0.1, -0.05) is 0 Å². The van der Waals surface area contributed by atoms with Crippen LogP contribution in [0.2, 0.25) is 0 Å². The summed E-state index contributed by atoms with van der Waals surface area (Å²) in [5, 5.41) is 0. The highest BCUT2D eigenvalue weighted by molar-refractivity contribution is 7.60. The standard InChI is InChI=1S/C4F7P/c5-1(6)3(9)12(11)4(10)2(7)8. The van der Waals surface area contributed by atoms with Crippen molar-refractivity contribution < 1.29 is 30.5 Å². The van der Waals surface area contributed by atoms with Crippen molar-refractivity contribution in [2.45, 2.75) is 0 Å². The Hall–Kier alpha value is -0.580. The van der Waals surface area contributed by atoms with Gasteiger partial charge in [-0.25, -0.2) is 4.20 Å². The second-order valence-electron chi connectivity index (χ2n) is 1.38. The van der Waals surface area contributed by atoms with Crippen LogP contribution in [-0.4, -0.2) is 0 Å². The van der Waals surface area contributed by atoms with Gasteiger partial charge in [-0.3, -0.25) is 0 Å². The molecule has 0 rings (SSSR count). The fourth-order valence-corrected chi connectivity index (χ4v) is 0.704. The summed E-state index contributed by atoms with van der Waals surface area (Å²) in [5.74, 6) is 0. The molecule has 0 aliphatic rings. The van der Waals surface area contributed by atoms with Gasteiger partial charge in [-0.15, -0.1) is 0 Å². The Bertz CT molecular complexity index is 200. The maximum absolute atomic E-state index is 11.9. The Morgan fingerprint density at radius 2 is 0.917 bits per heavy atom. The van der Waals surface area contributed by atoms with E-state index < -0.39 is 31.5 Å². The first kappa shape index (κ1) is 11.4. The van der Waals surface area contributed by atoms with Crippen molar-refractivity contribution in [1.29, 1.82) is 0 Å². The molecule has 0 aromatic carbocycles. The molecule has 0 fully saturated rings. The molecule has 0 heterocycles. The maximum atomic E-state index is 11.9. The van der Waals surface area contributed by atoms with Crippen LogP contribution in [0.25, 0.3) is 0 Å². The van der Waals surface area contributed by atoms with E-state index in [1.54, 1.807) is 0 Å². The highest BCUT2D eigenvalue weighted by Crippen LogP contribution is 2.57. The topological polar surface area (TPSA) is 0 Å². The normalized spacial score (nSPS) is 10.0. The second kappa shape index (κ2) is 4.45. The van der Waals surface area contributed by atoms with Crippen LogP contribution in [0.1, 0.15) is 0 Å². The van der Waals surface area contributed by atoms with Crippen LogP contribution in [0, 0.1) is 0 Å². The Balaban J connectivity index is 4.75. The van der Waals surface area contributed by atoms with E-state index in [9.17, 15) is 30.5 Å². The number of hydrogen-bond donors (Lipinski definition) is 0. The van der Waals surface area contributed by atoms with Crippen LogP contribution in [0.4, 0.5) is 30.5 Å². The molecule has 0 saturated carbocycles. The van der Waals surface area contributed by atoms with Gasteiger partial charge < -0.3 is 0 Å². The van der Waals surface area contributed by atoms with Crippen LogP contribution >= 0.6 is 8.23 Å². The molecule has 0 amide bonds. The molecule has 0 saturated heterocycles. The van der Waals surface area contributed by atoms with E-state index in [4.69, 9.17) is 0 Å². The zero-order valence-corrected chi connectivity index (χ0v) is 5.99. The Kier molecular flexibility index (Phi) is 4.23. The first-order valence-electron chi connectivity index (χ1n) is 2.25. The molecule has 0 aromatic heterocycles. The second-order valence-corrected chi connectivity index (χ2v) is 2.73. The van der Waals surface area contributed by atoms with E-state index in [1.165, 1.54) is 0 Å². The Morgan fingerprint density at radius 1 is 0.667 bits per heavy atom. The lowest BCUT2D eigenvalue weighted by Gasteiger charge is -1.98. The van der Waals surface area contributed by atoms with E-state index in [0.29, 0.717) is 0 Å². The highest BCUT2D eigenvalue weighted by Gasteiger charge is 2.28. The van der Waals surface area contributed by atoms with Gasteiger partial charge in [0.1, 0.15) is 0 Å². The Labute approximate surface area is 63.2 Å². The molecular formula is C4F7P. The first-order chi connectivity index (χ1) is 5.37.